The molecule has 0 aliphatic carbocycles. The Morgan fingerprint density at radius 3 is 2.51 bits per heavy atom. The summed E-state index contributed by atoms with van der Waals surface area (Å²) in [5.41, 5.74) is 3.20. The number of carbonyl (C=O) groups is 3. The number of amides is 3. The molecule has 0 bridgehead atoms. The molecule has 2 heterocycles. The van der Waals surface area contributed by atoms with Crippen LogP contribution in [0.3, 0.4) is 0 Å². The van der Waals surface area contributed by atoms with Gasteiger partial charge in [-0.2, -0.15) is 0 Å². The minimum atomic E-state index is -0.629. The summed E-state index contributed by atoms with van der Waals surface area (Å²) in [5.74, 6) is -1.76. The van der Waals surface area contributed by atoms with Crippen LogP contribution in [-0.2, 0) is 9.59 Å². The van der Waals surface area contributed by atoms with Crippen LogP contribution in [0.5, 0.6) is 0 Å². The summed E-state index contributed by atoms with van der Waals surface area (Å²) in [6.07, 6.45) is 1.58. The lowest BCUT2D eigenvalue weighted by molar-refractivity contribution is -0.384. The third-order valence-electron chi connectivity index (χ3n) is 5.36. The van der Waals surface area contributed by atoms with Crippen molar-refractivity contribution in [2.24, 2.45) is 0 Å². The van der Waals surface area contributed by atoms with E-state index >= 15 is 0 Å². The number of nitro benzene ring substituents is 1. The number of aryl methyl sites for hydroxylation is 1. The number of anilines is 1. The zero-order valence-electron chi connectivity index (χ0n) is 18.6. The van der Waals surface area contributed by atoms with Gasteiger partial charge in [0.15, 0.2) is 0 Å². The Labute approximate surface area is 203 Å². The fraction of sp³-hybridized carbons (Fsp3) is 0.125. The van der Waals surface area contributed by atoms with Crippen molar-refractivity contribution in [3.8, 4) is 5.69 Å². The number of hydrogen-bond acceptors (Lipinski definition) is 6. The van der Waals surface area contributed by atoms with Crippen molar-refractivity contribution in [3.05, 3.63) is 92.4 Å². The van der Waals surface area contributed by atoms with Gasteiger partial charge in [0.25, 0.3) is 16.8 Å². The van der Waals surface area contributed by atoms with E-state index in [0.29, 0.717) is 11.3 Å². The fourth-order valence-corrected chi connectivity index (χ4v) is 4.57. The summed E-state index contributed by atoms with van der Waals surface area (Å²) < 4.78 is 15.2. The summed E-state index contributed by atoms with van der Waals surface area (Å²) in [4.78, 5) is 49.0. The molecule has 1 aliphatic heterocycles. The van der Waals surface area contributed by atoms with Gasteiger partial charge < -0.3 is 9.88 Å². The molecule has 11 heteroatoms. The first-order valence-electron chi connectivity index (χ1n) is 10.4. The number of carbonyl (C=O) groups excluding carboxylic acids is 3. The fourth-order valence-electron chi connectivity index (χ4n) is 3.74. The number of hydrogen-bond donors (Lipinski definition) is 1. The molecule has 9 nitrogen and oxygen atoms in total. The Bertz CT molecular complexity index is 1400. The normalized spacial score (nSPS) is 14.6. The number of halogens is 1. The van der Waals surface area contributed by atoms with Gasteiger partial charge in [-0.25, -0.2) is 4.39 Å². The Kier molecular flexibility index (Phi) is 6.52. The van der Waals surface area contributed by atoms with Crippen LogP contribution < -0.4 is 5.32 Å². The van der Waals surface area contributed by atoms with E-state index in [-0.39, 0.29) is 16.3 Å². The molecular formula is C24H19FN4O5S. The maximum Gasteiger partial charge on any atom is 0.294 e. The highest BCUT2D eigenvalue weighted by Crippen LogP contribution is 2.34. The van der Waals surface area contributed by atoms with Gasteiger partial charge in [0.2, 0.25) is 5.91 Å². The van der Waals surface area contributed by atoms with E-state index in [4.69, 9.17) is 0 Å². The molecule has 0 spiro atoms. The Hall–Kier alpha value is -4.25. The first-order valence-corrected chi connectivity index (χ1v) is 11.2. The number of rotatable bonds is 6. The number of non-ortho nitro benzene ring substituents is 1. The Morgan fingerprint density at radius 2 is 1.86 bits per heavy atom. The van der Waals surface area contributed by atoms with Gasteiger partial charge in [-0.05, 0) is 73.6 Å². The van der Waals surface area contributed by atoms with E-state index in [1.165, 1.54) is 30.3 Å². The highest BCUT2D eigenvalue weighted by Gasteiger charge is 2.36. The number of nitrogens with one attached hydrogen (secondary N) is 1. The van der Waals surface area contributed by atoms with Crippen molar-refractivity contribution in [2.45, 2.75) is 13.8 Å². The minimum Gasteiger partial charge on any atom is -0.324 e. The zero-order valence-corrected chi connectivity index (χ0v) is 19.5. The smallest absolute Gasteiger partial charge is 0.294 e. The summed E-state index contributed by atoms with van der Waals surface area (Å²) in [5, 5.41) is 12.8. The maximum absolute atomic E-state index is 13.3. The van der Waals surface area contributed by atoms with E-state index in [1.807, 2.05) is 24.5 Å². The first kappa shape index (κ1) is 23.9. The third kappa shape index (κ3) is 4.99. The molecule has 0 unspecified atom stereocenters. The molecule has 1 aliphatic rings. The molecule has 1 fully saturated rings. The summed E-state index contributed by atoms with van der Waals surface area (Å²) >= 11 is 0.726. The van der Waals surface area contributed by atoms with Crippen LogP contribution in [0.15, 0.2) is 59.5 Å². The second-order valence-corrected chi connectivity index (χ2v) is 8.75. The summed E-state index contributed by atoms with van der Waals surface area (Å²) in [7, 11) is 0. The van der Waals surface area contributed by atoms with E-state index in [9.17, 15) is 28.9 Å². The predicted molar refractivity (Wildman–Crippen MR) is 130 cm³/mol. The van der Waals surface area contributed by atoms with Crippen molar-refractivity contribution in [3.63, 3.8) is 0 Å². The number of benzene rings is 2. The largest absolute Gasteiger partial charge is 0.324 e. The van der Waals surface area contributed by atoms with Gasteiger partial charge >= 0.3 is 0 Å². The third-order valence-corrected chi connectivity index (χ3v) is 6.27. The van der Waals surface area contributed by atoms with Crippen LogP contribution >= 0.6 is 11.8 Å². The number of imide groups is 1. The molecule has 3 aromatic rings. The van der Waals surface area contributed by atoms with E-state index in [2.05, 4.69) is 5.32 Å². The van der Waals surface area contributed by atoms with Crippen LogP contribution in [-0.4, -0.2) is 38.0 Å². The van der Waals surface area contributed by atoms with E-state index < -0.39 is 34.3 Å². The van der Waals surface area contributed by atoms with Crippen molar-refractivity contribution < 1.29 is 23.7 Å². The van der Waals surface area contributed by atoms with Crippen LogP contribution in [0.4, 0.5) is 20.6 Å². The molecule has 4 rings (SSSR count). The monoisotopic (exact) mass is 494 g/mol. The van der Waals surface area contributed by atoms with Crippen LogP contribution in [0.1, 0.15) is 17.0 Å². The number of nitro groups is 1. The first-order chi connectivity index (χ1) is 16.6. The SMILES string of the molecule is Cc1cc(/C=C2\SC(=O)N(CC(=O)Nc3cccc(F)c3)C2=O)c(C)n1-c1ccc([N+](=O)[O-])cc1. The molecule has 0 radical (unpaired) electrons. The average Bonchev–Trinajstić information content (AvgIpc) is 3.23. The lowest BCUT2D eigenvalue weighted by Crippen LogP contribution is -2.36. The standard InChI is InChI=1S/C24H19FN4O5S/c1-14-10-16(15(2)28(14)19-6-8-20(9-7-19)29(33)34)11-21-23(31)27(24(32)35-21)13-22(30)26-18-5-3-4-17(25)12-18/h3-12H,13H2,1-2H3,(H,26,30)/b21-11-. The van der Waals surface area contributed by atoms with Crippen molar-refractivity contribution >= 4 is 46.3 Å². The van der Waals surface area contributed by atoms with Crippen LogP contribution in [0.25, 0.3) is 11.8 Å². The second-order valence-electron chi connectivity index (χ2n) is 7.76. The van der Waals surface area contributed by atoms with Crippen LogP contribution in [0.2, 0.25) is 0 Å². The zero-order chi connectivity index (χ0) is 25.3. The highest BCUT2D eigenvalue weighted by atomic mass is 32.2. The minimum absolute atomic E-state index is 0.0217. The Morgan fingerprint density at radius 1 is 1.14 bits per heavy atom. The van der Waals surface area contributed by atoms with Crippen LogP contribution in [0, 0.1) is 29.8 Å². The molecule has 3 amide bonds. The highest BCUT2D eigenvalue weighted by molar-refractivity contribution is 8.18. The average molecular weight is 495 g/mol. The van der Waals surface area contributed by atoms with Gasteiger partial charge in [-0.3, -0.25) is 29.4 Å². The molecule has 1 aromatic heterocycles. The van der Waals surface area contributed by atoms with Gasteiger partial charge in [-0.1, -0.05) is 6.07 Å². The van der Waals surface area contributed by atoms with Gasteiger partial charge in [0.1, 0.15) is 12.4 Å². The van der Waals surface area contributed by atoms with Crippen molar-refractivity contribution in [1.29, 1.82) is 0 Å². The number of thioether (sulfide) groups is 1. The quantitative estimate of drug-likeness (QED) is 0.299. The lowest BCUT2D eigenvalue weighted by atomic mass is 10.2. The predicted octanol–water partition coefficient (Wildman–Crippen LogP) is 4.82. The molecule has 0 atom stereocenters. The van der Waals surface area contributed by atoms with E-state index in [0.717, 1.165) is 34.1 Å². The van der Waals surface area contributed by atoms with Crippen molar-refractivity contribution in [1.82, 2.24) is 9.47 Å². The molecule has 2 aromatic carbocycles. The number of nitrogens with zero attached hydrogens (tertiary/aromatic N) is 3. The van der Waals surface area contributed by atoms with Gasteiger partial charge in [-0.15, -0.1) is 0 Å². The van der Waals surface area contributed by atoms with Gasteiger partial charge in [0, 0.05) is 34.9 Å². The molecule has 178 valence electrons. The van der Waals surface area contributed by atoms with Crippen molar-refractivity contribution in [2.75, 3.05) is 11.9 Å². The van der Waals surface area contributed by atoms with Gasteiger partial charge in [0.05, 0.1) is 9.83 Å². The second kappa shape index (κ2) is 9.55. The maximum atomic E-state index is 13.3. The molecule has 1 N–H and O–H groups in total. The molecule has 35 heavy (non-hydrogen) atoms. The summed E-state index contributed by atoms with van der Waals surface area (Å²) in [6.45, 7) is 3.19. The summed E-state index contributed by atoms with van der Waals surface area (Å²) in [6, 6.07) is 13.2. The molecule has 0 saturated carbocycles. The molecular weight excluding hydrogens is 475 g/mol. The lowest BCUT2D eigenvalue weighted by Gasteiger charge is -2.12. The topological polar surface area (TPSA) is 115 Å². The number of aromatic nitrogens is 1. The molecule has 1 saturated heterocycles. The van der Waals surface area contributed by atoms with E-state index in [1.54, 1.807) is 18.2 Å². The Balaban J connectivity index is 1.53.